The minimum Gasteiger partial charge on any atom is -0.484 e. The van der Waals surface area contributed by atoms with E-state index in [1.54, 1.807) is 24.3 Å². The van der Waals surface area contributed by atoms with Gasteiger partial charge in [-0.25, -0.2) is 4.79 Å². The fourth-order valence-corrected chi connectivity index (χ4v) is 2.85. The van der Waals surface area contributed by atoms with Crippen LogP contribution in [0.25, 0.3) is 11.0 Å². The molecule has 1 aliphatic rings. The van der Waals surface area contributed by atoms with Gasteiger partial charge in [0.2, 0.25) is 0 Å². The van der Waals surface area contributed by atoms with Crippen LogP contribution < -0.4 is 21.0 Å². The van der Waals surface area contributed by atoms with Crippen molar-refractivity contribution in [3.8, 4) is 5.75 Å². The third-order valence-electron chi connectivity index (χ3n) is 4.49. The van der Waals surface area contributed by atoms with Gasteiger partial charge in [-0.15, -0.1) is 12.4 Å². The molecule has 3 rings (SSSR count). The van der Waals surface area contributed by atoms with Crippen LogP contribution in [0.4, 0.5) is 0 Å². The Bertz CT molecular complexity index is 784. The summed E-state index contributed by atoms with van der Waals surface area (Å²) in [5, 5.41) is 7.08. The summed E-state index contributed by atoms with van der Waals surface area (Å²) in [5.74, 6) is 0.351. The average Bonchev–Trinajstić information content (AvgIpc) is 2.58. The lowest BCUT2D eigenvalue weighted by molar-refractivity contribution is -0.123. The normalized spacial score (nSPS) is 16.0. The highest BCUT2D eigenvalue weighted by molar-refractivity contribution is 5.85. The van der Waals surface area contributed by atoms with Gasteiger partial charge in [-0.3, -0.25) is 4.79 Å². The first-order valence-electron chi connectivity index (χ1n) is 8.18. The molecule has 0 unspecified atom stereocenters. The van der Waals surface area contributed by atoms with Crippen molar-refractivity contribution < 1.29 is 13.9 Å². The van der Waals surface area contributed by atoms with Gasteiger partial charge in [0, 0.05) is 24.1 Å². The van der Waals surface area contributed by atoms with Gasteiger partial charge in [-0.1, -0.05) is 6.92 Å². The van der Waals surface area contributed by atoms with Crippen molar-refractivity contribution in [2.75, 3.05) is 26.2 Å². The van der Waals surface area contributed by atoms with Crippen molar-refractivity contribution in [3.05, 3.63) is 40.8 Å². The van der Waals surface area contributed by atoms with Crippen LogP contribution in [0.15, 0.2) is 39.5 Å². The number of benzene rings is 1. The first-order chi connectivity index (χ1) is 11.5. The minimum atomic E-state index is -0.410. The monoisotopic (exact) mass is 366 g/mol. The van der Waals surface area contributed by atoms with Gasteiger partial charge in [-0.05, 0) is 49.5 Å². The predicted molar refractivity (Wildman–Crippen MR) is 98.4 cm³/mol. The zero-order chi connectivity index (χ0) is 17.0. The molecule has 2 heterocycles. The third-order valence-corrected chi connectivity index (χ3v) is 4.49. The van der Waals surface area contributed by atoms with Crippen molar-refractivity contribution in [1.82, 2.24) is 10.6 Å². The van der Waals surface area contributed by atoms with Crippen molar-refractivity contribution in [2.45, 2.75) is 19.8 Å². The van der Waals surface area contributed by atoms with Gasteiger partial charge in [0.05, 0.1) is 0 Å². The summed E-state index contributed by atoms with van der Waals surface area (Å²) in [6.07, 6.45) is 2.11. The highest BCUT2D eigenvalue weighted by Crippen LogP contribution is 2.26. The van der Waals surface area contributed by atoms with Crippen LogP contribution in [-0.2, 0) is 4.79 Å². The SMILES string of the molecule is CC1(CNC(=O)COc2ccc3ccc(=O)oc3c2)CCNCC1.Cl. The highest BCUT2D eigenvalue weighted by atomic mass is 35.5. The van der Waals surface area contributed by atoms with E-state index in [-0.39, 0.29) is 30.3 Å². The Morgan fingerprint density at radius 2 is 2.00 bits per heavy atom. The molecule has 0 bridgehead atoms. The second-order valence-electron chi connectivity index (χ2n) is 6.58. The number of piperidine rings is 1. The van der Waals surface area contributed by atoms with Gasteiger partial charge < -0.3 is 19.8 Å². The number of fused-ring (bicyclic) bond motifs is 1. The fraction of sp³-hybridized carbons (Fsp3) is 0.444. The predicted octanol–water partition coefficient (Wildman–Crippen LogP) is 2.10. The minimum absolute atomic E-state index is 0. The van der Waals surface area contributed by atoms with E-state index in [1.807, 2.05) is 0 Å². The summed E-state index contributed by atoms with van der Waals surface area (Å²) in [4.78, 5) is 23.2. The molecule has 1 amide bonds. The van der Waals surface area contributed by atoms with Gasteiger partial charge in [-0.2, -0.15) is 0 Å². The smallest absolute Gasteiger partial charge is 0.336 e. The first-order valence-corrected chi connectivity index (χ1v) is 8.18. The zero-order valence-corrected chi connectivity index (χ0v) is 15.0. The maximum absolute atomic E-state index is 12.0. The van der Waals surface area contributed by atoms with Crippen LogP contribution >= 0.6 is 12.4 Å². The molecule has 0 saturated carbocycles. The van der Waals surface area contributed by atoms with E-state index in [0.29, 0.717) is 17.9 Å². The molecular formula is C18H23ClN2O4. The van der Waals surface area contributed by atoms with Crippen LogP contribution in [0.3, 0.4) is 0 Å². The van der Waals surface area contributed by atoms with Crippen LogP contribution in [0.1, 0.15) is 19.8 Å². The second-order valence-corrected chi connectivity index (χ2v) is 6.58. The maximum Gasteiger partial charge on any atom is 0.336 e. The molecule has 6 nitrogen and oxygen atoms in total. The van der Waals surface area contributed by atoms with Crippen molar-refractivity contribution >= 4 is 29.3 Å². The molecule has 1 aromatic carbocycles. The van der Waals surface area contributed by atoms with Gasteiger partial charge in [0.25, 0.3) is 5.91 Å². The number of hydrogen-bond donors (Lipinski definition) is 2. The number of carbonyl (C=O) groups is 1. The van der Waals surface area contributed by atoms with Crippen molar-refractivity contribution in [1.29, 1.82) is 0 Å². The van der Waals surface area contributed by atoms with Crippen LogP contribution in [0.5, 0.6) is 5.75 Å². The Labute approximate surface area is 152 Å². The first kappa shape index (κ1) is 19.3. The van der Waals surface area contributed by atoms with E-state index in [9.17, 15) is 9.59 Å². The molecule has 2 aromatic rings. The van der Waals surface area contributed by atoms with Crippen LogP contribution in [0.2, 0.25) is 0 Å². The van der Waals surface area contributed by atoms with Gasteiger partial charge >= 0.3 is 5.63 Å². The standard InChI is InChI=1S/C18H22N2O4.ClH/c1-18(6-8-19-9-7-18)12-20-16(21)11-23-14-4-2-13-3-5-17(22)24-15(13)10-14;/h2-5,10,19H,6-9,11-12H2,1H3,(H,20,21);1H. The van der Waals surface area contributed by atoms with E-state index in [4.69, 9.17) is 9.15 Å². The zero-order valence-electron chi connectivity index (χ0n) is 14.2. The highest BCUT2D eigenvalue weighted by Gasteiger charge is 2.26. The Morgan fingerprint density at radius 1 is 1.28 bits per heavy atom. The molecular weight excluding hydrogens is 344 g/mol. The largest absolute Gasteiger partial charge is 0.484 e. The molecule has 136 valence electrons. The van der Waals surface area contributed by atoms with E-state index in [2.05, 4.69) is 17.6 Å². The lowest BCUT2D eigenvalue weighted by Crippen LogP contribution is -2.43. The van der Waals surface area contributed by atoms with Crippen molar-refractivity contribution in [3.63, 3.8) is 0 Å². The Kier molecular flexibility index (Phi) is 6.45. The van der Waals surface area contributed by atoms with E-state index >= 15 is 0 Å². The molecule has 1 aromatic heterocycles. The molecule has 1 fully saturated rings. The number of nitrogens with one attached hydrogen (secondary N) is 2. The number of amides is 1. The summed E-state index contributed by atoms with van der Waals surface area (Å²) in [5.41, 5.74) is 0.183. The number of ether oxygens (including phenoxy) is 1. The molecule has 0 spiro atoms. The van der Waals surface area contributed by atoms with Crippen molar-refractivity contribution in [2.24, 2.45) is 5.41 Å². The summed E-state index contributed by atoms with van der Waals surface area (Å²) < 4.78 is 10.6. The van der Waals surface area contributed by atoms with E-state index in [1.165, 1.54) is 6.07 Å². The summed E-state index contributed by atoms with van der Waals surface area (Å²) in [6, 6.07) is 8.23. The topological polar surface area (TPSA) is 80.6 Å². The second kappa shape index (κ2) is 8.36. The molecule has 1 aliphatic heterocycles. The van der Waals surface area contributed by atoms with E-state index < -0.39 is 5.63 Å². The Balaban J connectivity index is 0.00000225. The summed E-state index contributed by atoms with van der Waals surface area (Å²) in [7, 11) is 0. The number of carbonyl (C=O) groups excluding carboxylic acids is 1. The number of hydrogen-bond acceptors (Lipinski definition) is 5. The van der Waals surface area contributed by atoms with E-state index in [0.717, 1.165) is 31.3 Å². The maximum atomic E-state index is 12.0. The fourth-order valence-electron chi connectivity index (χ4n) is 2.85. The quantitative estimate of drug-likeness (QED) is 0.792. The molecule has 0 aliphatic carbocycles. The molecule has 2 N–H and O–H groups in total. The van der Waals surface area contributed by atoms with Crippen LogP contribution in [0, 0.1) is 5.41 Å². The summed E-state index contributed by atoms with van der Waals surface area (Å²) >= 11 is 0. The summed E-state index contributed by atoms with van der Waals surface area (Å²) in [6.45, 7) is 4.77. The third kappa shape index (κ3) is 5.21. The molecule has 1 saturated heterocycles. The molecule has 0 radical (unpaired) electrons. The number of rotatable bonds is 5. The number of halogens is 1. The lowest BCUT2D eigenvalue weighted by atomic mass is 9.81. The Morgan fingerprint density at radius 3 is 2.76 bits per heavy atom. The van der Waals surface area contributed by atoms with Crippen LogP contribution in [-0.4, -0.2) is 32.1 Å². The lowest BCUT2D eigenvalue weighted by Gasteiger charge is -2.34. The van der Waals surface area contributed by atoms with Gasteiger partial charge in [0.15, 0.2) is 6.61 Å². The average molecular weight is 367 g/mol. The van der Waals surface area contributed by atoms with Gasteiger partial charge in [0.1, 0.15) is 11.3 Å². The molecule has 7 heteroatoms. The Hall–Kier alpha value is -2.05. The molecule has 25 heavy (non-hydrogen) atoms. The molecule has 0 atom stereocenters.